The second-order valence-corrected chi connectivity index (χ2v) is 13.4. The molecule has 0 radical (unpaired) electrons. The topological polar surface area (TPSA) is 16.4 Å². The molecule has 9 aromatic carbocycles. The summed E-state index contributed by atoms with van der Waals surface area (Å²) in [5, 5.41) is 7.28. The Bertz CT molecular complexity index is 2870. The third-order valence-corrected chi connectivity index (χ3v) is 10.3. The SMILES string of the molecule is c1ccc(-c2ccc(-c3ccc(N(c4ccc(-c5ccc6oc7ccccc7c6c5)cc4)c4ccc5c(ccc6ccccc65)c4)cc3)cc2)cc1. The fourth-order valence-electron chi connectivity index (χ4n) is 7.58. The van der Waals surface area contributed by atoms with Crippen LogP contribution in [-0.2, 0) is 0 Å². The number of benzene rings is 9. The van der Waals surface area contributed by atoms with E-state index >= 15 is 0 Å². The van der Waals surface area contributed by atoms with Crippen molar-refractivity contribution >= 4 is 60.5 Å². The minimum atomic E-state index is 0.910. The monoisotopic (exact) mass is 663 g/mol. The fourth-order valence-corrected chi connectivity index (χ4v) is 7.58. The number of hydrogen-bond donors (Lipinski definition) is 0. The summed E-state index contributed by atoms with van der Waals surface area (Å²) in [6, 6.07) is 71.8. The Kier molecular flexibility index (Phi) is 7.18. The highest BCUT2D eigenvalue weighted by molar-refractivity contribution is 6.09. The van der Waals surface area contributed by atoms with Crippen LogP contribution in [0.3, 0.4) is 0 Å². The lowest BCUT2D eigenvalue weighted by molar-refractivity contribution is 0.669. The third-order valence-electron chi connectivity index (χ3n) is 10.3. The van der Waals surface area contributed by atoms with Gasteiger partial charge in [0.1, 0.15) is 11.2 Å². The predicted molar refractivity (Wildman–Crippen MR) is 220 cm³/mol. The third kappa shape index (κ3) is 5.30. The van der Waals surface area contributed by atoms with Crippen molar-refractivity contribution in [2.45, 2.75) is 0 Å². The molecule has 2 heteroatoms. The van der Waals surface area contributed by atoms with Crippen LogP contribution < -0.4 is 4.90 Å². The number of hydrogen-bond acceptors (Lipinski definition) is 2. The molecule has 0 aliphatic carbocycles. The van der Waals surface area contributed by atoms with Gasteiger partial charge in [-0.3, -0.25) is 0 Å². The van der Waals surface area contributed by atoms with Crippen molar-refractivity contribution < 1.29 is 4.42 Å². The first-order chi connectivity index (χ1) is 25.7. The van der Waals surface area contributed by atoms with Gasteiger partial charge < -0.3 is 9.32 Å². The van der Waals surface area contributed by atoms with Crippen LogP contribution in [-0.4, -0.2) is 0 Å². The van der Waals surface area contributed by atoms with Gasteiger partial charge in [0.05, 0.1) is 0 Å². The van der Waals surface area contributed by atoms with Crippen molar-refractivity contribution in [2.24, 2.45) is 0 Å². The zero-order valence-electron chi connectivity index (χ0n) is 28.4. The molecule has 0 saturated carbocycles. The zero-order valence-corrected chi connectivity index (χ0v) is 28.4. The quantitative estimate of drug-likeness (QED) is 0.165. The molecule has 244 valence electrons. The minimum Gasteiger partial charge on any atom is -0.456 e. The normalized spacial score (nSPS) is 11.5. The summed E-state index contributed by atoms with van der Waals surface area (Å²) in [5.41, 5.74) is 12.3. The van der Waals surface area contributed by atoms with E-state index in [0.717, 1.165) is 50.1 Å². The Morgan fingerprint density at radius 3 is 1.46 bits per heavy atom. The Hall–Kier alpha value is -6.90. The Morgan fingerprint density at radius 2 is 0.750 bits per heavy atom. The second-order valence-electron chi connectivity index (χ2n) is 13.4. The molecule has 1 aromatic heterocycles. The number of anilines is 3. The van der Waals surface area contributed by atoms with E-state index in [4.69, 9.17) is 4.42 Å². The van der Waals surface area contributed by atoms with E-state index in [-0.39, 0.29) is 0 Å². The van der Waals surface area contributed by atoms with E-state index in [1.54, 1.807) is 0 Å². The van der Waals surface area contributed by atoms with Gasteiger partial charge in [0.25, 0.3) is 0 Å². The maximum Gasteiger partial charge on any atom is 0.135 e. The van der Waals surface area contributed by atoms with E-state index in [9.17, 15) is 0 Å². The van der Waals surface area contributed by atoms with Gasteiger partial charge in [-0.05, 0) is 110 Å². The minimum absolute atomic E-state index is 0.910. The van der Waals surface area contributed by atoms with Gasteiger partial charge in [0.15, 0.2) is 0 Å². The number of nitrogens with zero attached hydrogens (tertiary/aromatic N) is 1. The molecule has 10 rings (SSSR count). The van der Waals surface area contributed by atoms with Gasteiger partial charge in [-0.1, -0.05) is 146 Å². The molecular weight excluding hydrogens is 631 g/mol. The van der Waals surface area contributed by atoms with Crippen LogP contribution in [0.4, 0.5) is 17.1 Å². The van der Waals surface area contributed by atoms with Crippen molar-refractivity contribution in [3.63, 3.8) is 0 Å². The van der Waals surface area contributed by atoms with Crippen LogP contribution in [0.1, 0.15) is 0 Å². The molecule has 0 amide bonds. The summed E-state index contributed by atoms with van der Waals surface area (Å²) in [6.45, 7) is 0. The summed E-state index contributed by atoms with van der Waals surface area (Å²) in [4.78, 5) is 2.35. The highest BCUT2D eigenvalue weighted by atomic mass is 16.3. The van der Waals surface area contributed by atoms with E-state index in [1.807, 2.05) is 12.1 Å². The standard InChI is InChI=1S/C50H33NO/c1-2-8-34(9-3-1)35-14-16-36(17-15-35)37-20-25-42(26-21-37)51(44-29-30-46-41(32-44)19-18-39-10-4-5-11-45(39)46)43-27-22-38(23-28-43)40-24-31-50-48(33-40)47-12-6-7-13-49(47)52-50/h1-33H. The number of rotatable bonds is 6. The van der Waals surface area contributed by atoms with Gasteiger partial charge in [-0.2, -0.15) is 0 Å². The lowest BCUT2D eigenvalue weighted by Gasteiger charge is -2.26. The van der Waals surface area contributed by atoms with Crippen LogP contribution >= 0.6 is 0 Å². The highest BCUT2D eigenvalue weighted by Crippen LogP contribution is 2.40. The van der Waals surface area contributed by atoms with Gasteiger partial charge in [0, 0.05) is 27.8 Å². The van der Waals surface area contributed by atoms with Crippen molar-refractivity contribution in [1.29, 1.82) is 0 Å². The van der Waals surface area contributed by atoms with Crippen LogP contribution in [0.2, 0.25) is 0 Å². The van der Waals surface area contributed by atoms with Crippen LogP contribution in [0.15, 0.2) is 205 Å². The number of furan rings is 1. The van der Waals surface area contributed by atoms with E-state index in [1.165, 1.54) is 43.8 Å². The van der Waals surface area contributed by atoms with Crippen LogP contribution in [0.5, 0.6) is 0 Å². The molecule has 0 fully saturated rings. The average Bonchev–Trinajstić information content (AvgIpc) is 3.60. The van der Waals surface area contributed by atoms with Crippen LogP contribution in [0, 0.1) is 0 Å². The fraction of sp³-hybridized carbons (Fsp3) is 0. The first kappa shape index (κ1) is 30.0. The molecule has 0 saturated heterocycles. The Balaban J connectivity index is 1.03. The molecule has 0 bridgehead atoms. The smallest absolute Gasteiger partial charge is 0.135 e. The predicted octanol–water partition coefficient (Wildman–Crippen LogP) is 14.4. The Morgan fingerprint density at radius 1 is 0.269 bits per heavy atom. The number of para-hydroxylation sites is 1. The van der Waals surface area contributed by atoms with Crippen molar-refractivity contribution in [1.82, 2.24) is 0 Å². The maximum absolute atomic E-state index is 6.10. The van der Waals surface area contributed by atoms with Crippen molar-refractivity contribution in [3.8, 4) is 33.4 Å². The lowest BCUT2D eigenvalue weighted by Crippen LogP contribution is -2.09. The van der Waals surface area contributed by atoms with Crippen molar-refractivity contribution in [2.75, 3.05) is 4.90 Å². The summed E-state index contributed by atoms with van der Waals surface area (Å²) in [6.07, 6.45) is 0. The molecule has 0 unspecified atom stereocenters. The molecule has 2 nitrogen and oxygen atoms in total. The van der Waals surface area contributed by atoms with Crippen LogP contribution in [0.25, 0.3) is 76.9 Å². The largest absolute Gasteiger partial charge is 0.456 e. The van der Waals surface area contributed by atoms with Crippen molar-refractivity contribution in [3.05, 3.63) is 200 Å². The highest BCUT2D eigenvalue weighted by Gasteiger charge is 2.15. The molecule has 0 N–H and O–H groups in total. The molecule has 0 atom stereocenters. The summed E-state index contributed by atoms with van der Waals surface area (Å²) >= 11 is 0. The van der Waals surface area contributed by atoms with Gasteiger partial charge in [-0.25, -0.2) is 0 Å². The summed E-state index contributed by atoms with van der Waals surface area (Å²) in [7, 11) is 0. The molecule has 1 heterocycles. The van der Waals surface area contributed by atoms with Gasteiger partial charge in [0.2, 0.25) is 0 Å². The maximum atomic E-state index is 6.10. The molecule has 0 aliphatic rings. The van der Waals surface area contributed by atoms with E-state index in [0.29, 0.717) is 0 Å². The van der Waals surface area contributed by atoms with E-state index < -0.39 is 0 Å². The molecule has 0 aliphatic heterocycles. The van der Waals surface area contributed by atoms with Gasteiger partial charge in [-0.15, -0.1) is 0 Å². The lowest BCUT2D eigenvalue weighted by atomic mass is 9.99. The van der Waals surface area contributed by atoms with E-state index in [2.05, 4.69) is 193 Å². The Labute approximate surface area is 302 Å². The molecule has 52 heavy (non-hydrogen) atoms. The summed E-state index contributed by atoms with van der Waals surface area (Å²) in [5.74, 6) is 0. The first-order valence-corrected chi connectivity index (χ1v) is 17.7. The molecule has 0 spiro atoms. The van der Waals surface area contributed by atoms with Gasteiger partial charge >= 0.3 is 0 Å². The second kappa shape index (κ2) is 12.5. The summed E-state index contributed by atoms with van der Waals surface area (Å²) < 4.78 is 6.10. The molecular formula is C50H33NO. The first-order valence-electron chi connectivity index (χ1n) is 17.7. The number of fused-ring (bicyclic) bond motifs is 6. The molecule has 10 aromatic rings. The average molecular weight is 664 g/mol. The zero-order chi connectivity index (χ0) is 34.4.